The molecule has 0 saturated carbocycles. The Kier molecular flexibility index (Phi) is 4.75. The fraction of sp³-hybridized carbons (Fsp3) is 0.438. The van der Waals surface area contributed by atoms with E-state index in [1.807, 2.05) is 14.1 Å². The highest BCUT2D eigenvalue weighted by Gasteiger charge is 2.28. The maximum Gasteiger partial charge on any atom is 0.345 e. The predicted octanol–water partition coefficient (Wildman–Crippen LogP) is 0.148. The number of H-pyrrole nitrogens is 1. The number of nitrogens with zero attached hydrogens (tertiary/aromatic N) is 5. The Balaban J connectivity index is 1.80. The number of morpholine rings is 1. The average Bonchev–Trinajstić information content (AvgIpc) is 2.60. The molecule has 1 fully saturated rings. The molecule has 1 aliphatic rings. The molecule has 0 radical (unpaired) electrons. The third-order valence-electron chi connectivity index (χ3n) is 3.85. The van der Waals surface area contributed by atoms with Crippen LogP contribution in [0, 0.1) is 6.92 Å². The van der Waals surface area contributed by atoms with Gasteiger partial charge in [-0.2, -0.15) is 4.98 Å². The van der Waals surface area contributed by atoms with Crippen LogP contribution in [-0.4, -0.2) is 64.5 Å². The van der Waals surface area contributed by atoms with Crippen LogP contribution in [0.4, 0.5) is 5.95 Å². The van der Waals surface area contributed by atoms with Crippen molar-refractivity contribution in [2.75, 3.05) is 38.7 Å². The minimum atomic E-state index is -0.528. The lowest BCUT2D eigenvalue weighted by Gasteiger charge is -2.32. The Morgan fingerprint density at radius 2 is 2.20 bits per heavy atom. The Labute approximate surface area is 144 Å². The van der Waals surface area contributed by atoms with E-state index in [4.69, 9.17) is 4.74 Å². The van der Waals surface area contributed by atoms with E-state index in [0.29, 0.717) is 37.0 Å². The van der Waals surface area contributed by atoms with E-state index in [-0.39, 0.29) is 17.7 Å². The summed E-state index contributed by atoms with van der Waals surface area (Å²) in [7, 11) is 3.72. The summed E-state index contributed by atoms with van der Waals surface area (Å²) in [5, 5.41) is 0. The summed E-state index contributed by atoms with van der Waals surface area (Å²) < 4.78 is 5.77. The molecule has 0 spiro atoms. The van der Waals surface area contributed by atoms with E-state index in [0.717, 1.165) is 0 Å². The maximum atomic E-state index is 12.7. The number of carbonyl (C=O) groups excluding carboxylic acids is 1. The van der Waals surface area contributed by atoms with Crippen LogP contribution in [0.1, 0.15) is 28.0 Å². The van der Waals surface area contributed by atoms with Gasteiger partial charge in [-0.15, -0.1) is 0 Å². The number of amides is 1. The third kappa shape index (κ3) is 3.82. The molecule has 2 aromatic heterocycles. The highest BCUT2D eigenvalue weighted by molar-refractivity contribution is 5.92. The zero-order valence-corrected chi connectivity index (χ0v) is 14.4. The number of aryl methyl sites for hydroxylation is 1. The van der Waals surface area contributed by atoms with Gasteiger partial charge in [0.15, 0.2) is 0 Å². The first kappa shape index (κ1) is 17.0. The van der Waals surface area contributed by atoms with Crippen LogP contribution < -0.4 is 10.6 Å². The van der Waals surface area contributed by atoms with E-state index in [9.17, 15) is 9.59 Å². The number of nitrogens with one attached hydrogen (secondary N) is 1. The summed E-state index contributed by atoms with van der Waals surface area (Å²) in [6.45, 7) is 2.89. The number of hydrogen-bond donors (Lipinski definition) is 1. The van der Waals surface area contributed by atoms with Crippen molar-refractivity contribution in [1.29, 1.82) is 0 Å². The zero-order chi connectivity index (χ0) is 18.0. The summed E-state index contributed by atoms with van der Waals surface area (Å²) in [4.78, 5) is 42.6. The molecule has 0 unspecified atom stereocenters. The second-order valence-electron chi connectivity index (χ2n) is 6.04. The molecular formula is C16H20N6O3. The maximum absolute atomic E-state index is 12.7. The van der Waals surface area contributed by atoms with Crippen molar-refractivity contribution >= 4 is 11.9 Å². The van der Waals surface area contributed by atoms with Gasteiger partial charge in [0.25, 0.3) is 5.91 Å². The highest BCUT2D eigenvalue weighted by Crippen LogP contribution is 2.22. The van der Waals surface area contributed by atoms with E-state index >= 15 is 0 Å². The monoisotopic (exact) mass is 344 g/mol. The van der Waals surface area contributed by atoms with E-state index in [1.165, 1.54) is 0 Å². The number of carbonyl (C=O) groups is 1. The predicted molar refractivity (Wildman–Crippen MR) is 90.6 cm³/mol. The molecule has 1 atom stereocenters. The summed E-state index contributed by atoms with van der Waals surface area (Å²) in [6, 6.07) is 3.35. The Morgan fingerprint density at radius 1 is 1.40 bits per heavy atom. The number of aromatic amines is 1. The minimum absolute atomic E-state index is 0.138. The van der Waals surface area contributed by atoms with Crippen molar-refractivity contribution in [3.8, 4) is 0 Å². The molecule has 0 bridgehead atoms. The minimum Gasteiger partial charge on any atom is -0.368 e. The van der Waals surface area contributed by atoms with Crippen LogP contribution in [0.15, 0.2) is 23.1 Å². The van der Waals surface area contributed by atoms with E-state index < -0.39 is 5.69 Å². The standard InChI is InChI=1S/C16H20N6O3/c1-10-8-12(20-16(24)18-10)14(23)22-6-7-25-13(9-22)11-4-5-17-15(19-11)21(2)3/h4-5,8,13H,6-7,9H2,1-3H3,(H,18,20,24)/t13-/m0/s1. The molecule has 132 valence electrons. The number of hydrogen-bond acceptors (Lipinski definition) is 7. The van der Waals surface area contributed by atoms with Gasteiger partial charge in [0, 0.05) is 32.5 Å². The van der Waals surface area contributed by atoms with Gasteiger partial charge in [0.1, 0.15) is 11.8 Å². The molecule has 0 aliphatic carbocycles. The Hall–Kier alpha value is -2.81. The number of anilines is 1. The molecular weight excluding hydrogens is 324 g/mol. The first-order chi connectivity index (χ1) is 11.9. The van der Waals surface area contributed by atoms with Crippen molar-refractivity contribution in [1.82, 2.24) is 24.8 Å². The quantitative estimate of drug-likeness (QED) is 0.845. The molecule has 1 saturated heterocycles. The number of ether oxygens (including phenoxy) is 1. The molecule has 25 heavy (non-hydrogen) atoms. The number of aromatic nitrogens is 4. The number of rotatable bonds is 3. The molecule has 9 nitrogen and oxygen atoms in total. The molecule has 1 amide bonds. The molecule has 3 rings (SSSR count). The largest absolute Gasteiger partial charge is 0.368 e. The van der Waals surface area contributed by atoms with Gasteiger partial charge in [-0.25, -0.2) is 14.8 Å². The summed E-state index contributed by atoms with van der Waals surface area (Å²) >= 11 is 0. The highest BCUT2D eigenvalue weighted by atomic mass is 16.5. The van der Waals surface area contributed by atoms with Gasteiger partial charge in [0.2, 0.25) is 5.95 Å². The van der Waals surface area contributed by atoms with Gasteiger partial charge in [-0.05, 0) is 19.1 Å². The zero-order valence-electron chi connectivity index (χ0n) is 14.4. The van der Waals surface area contributed by atoms with Crippen molar-refractivity contribution in [2.24, 2.45) is 0 Å². The molecule has 3 heterocycles. The van der Waals surface area contributed by atoms with Crippen molar-refractivity contribution in [2.45, 2.75) is 13.0 Å². The average molecular weight is 344 g/mol. The Morgan fingerprint density at radius 3 is 2.92 bits per heavy atom. The van der Waals surface area contributed by atoms with E-state index in [1.54, 1.807) is 35.1 Å². The molecule has 1 aliphatic heterocycles. The third-order valence-corrected chi connectivity index (χ3v) is 3.85. The van der Waals surface area contributed by atoms with Crippen LogP contribution in [-0.2, 0) is 4.74 Å². The summed E-state index contributed by atoms with van der Waals surface area (Å²) in [6.07, 6.45) is 1.33. The molecule has 9 heteroatoms. The van der Waals surface area contributed by atoms with Crippen molar-refractivity contribution in [3.63, 3.8) is 0 Å². The first-order valence-electron chi connectivity index (χ1n) is 7.93. The summed E-state index contributed by atoms with van der Waals surface area (Å²) in [5.41, 5.74) is 0.920. The van der Waals surface area contributed by atoms with Crippen LogP contribution in [0.3, 0.4) is 0 Å². The fourth-order valence-electron chi connectivity index (χ4n) is 2.62. The van der Waals surface area contributed by atoms with Crippen LogP contribution in [0.2, 0.25) is 0 Å². The Bertz CT molecular complexity index is 835. The van der Waals surface area contributed by atoms with Gasteiger partial charge in [-0.1, -0.05) is 0 Å². The second kappa shape index (κ2) is 6.98. The van der Waals surface area contributed by atoms with Gasteiger partial charge in [-0.3, -0.25) is 4.79 Å². The lowest BCUT2D eigenvalue weighted by molar-refractivity contribution is -0.0249. The van der Waals surface area contributed by atoms with Crippen molar-refractivity contribution < 1.29 is 9.53 Å². The first-order valence-corrected chi connectivity index (χ1v) is 7.93. The second-order valence-corrected chi connectivity index (χ2v) is 6.04. The molecule has 1 N–H and O–H groups in total. The SMILES string of the molecule is Cc1cc(C(=O)N2CCO[C@H](c3ccnc(N(C)C)n3)C2)nc(=O)[nH]1. The lowest BCUT2D eigenvalue weighted by Crippen LogP contribution is -2.43. The van der Waals surface area contributed by atoms with Crippen LogP contribution >= 0.6 is 0 Å². The van der Waals surface area contributed by atoms with Gasteiger partial charge < -0.3 is 19.5 Å². The van der Waals surface area contributed by atoms with Crippen molar-refractivity contribution in [3.05, 3.63) is 45.9 Å². The van der Waals surface area contributed by atoms with E-state index in [2.05, 4.69) is 19.9 Å². The molecule has 2 aromatic rings. The van der Waals surface area contributed by atoms with Gasteiger partial charge >= 0.3 is 5.69 Å². The normalized spacial score (nSPS) is 17.4. The topological polar surface area (TPSA) is 104 Å². The fourth-order valence-corrected chi connectivity index (χ4v) is 2.62. The lowest BCUT2D eigenvalue weighted by atomic mass is 10.2. The smallest absolute Gasteiger partial charge is 0.345 e. The van der Waals surface area contributed by atoms with Crippen LogP contribution in [0.25, 0.3) is 0 Å². The van der Waals surface area contributed by atoms with Crippen LogP contribution in [0.5, 0.6) is 0 Å². The van der Waals surface area contributed by atoms with Gasteiger partial charge in [0.05, 0.1) is 18.8 Å². The summed E-state index contributed by atoms with van der Waals surface area (Å²) in [5.74, 6) is 0.292. The molecule has 0 aromatic carbocycles.